The molecule has 0 amide bonds. The minimum Gasteiger partial charge on any atom is -0.497 e. The first kappa shape index (κ1) is 16.9. The Kier molecular flexibility index (Phi) is 6.59. The largest absolute Gasteiger partial charge is 0.497 e. The maximum atomic E-state index is 11.2. The van der Waals surface area contributed by atoms with E-state index in [1.165, 1.54) is 0 Å². The predicted octanol–water partition coefficient (Wildman–Crippen LogP) is 3.07. The van der Waals surface area contributed by atoms with Gasteiger partial charge >= 0.3 is 0 Å². The van der Waals surface area contributed by atoms with Crippen molar-refractivity contribution in [3.63, 3.8) is 0 Å². The fourth-order valence-corrected chi connectivity index (χ4v) is 2.19. The summed E-state index contributed by atoms with van der Waals surface area (Å²) in [6.45, 7) is 3.55. The molecule has 0 aliphatic rings. The number of nitrogens with zero attached hydrogens (tertiary/aromatic N) is 1. The van der Waals surface area contributed by atoms with Crippen molar-refractivity contribution in [1.29, 1.82) is 0 Å². The summed E-state index contributed by atoms with van der Waals surface area (Å²) in [7, 11) is 1.59. The molecule has 0 aliphatic carbocycles. The Hall–Kier alpha value is -2.17. The van der Waals surface area contributed by atoms with E-state index >= 15 is 0 Å². The highest BCUT2D eigenvalue weighted by Gasteiger charge is 2.26. The van der Waals surface area contributed by atoms with Gasteiger partial charge in [0.15, 0.2) is 0 Å². The third kappa shape index (κ3) is 5.38. The standard InChI is InChI=1S/C16H21NO4/c1-12(2)16(11-18)14(10-17(19)20)7-4-13-5-8-15(21-3)9-6-13/h4-9,11-12,14,16H,10H2,1-3H3/b7-4+/t14-,16+/m0/s1/i18+2. The number of benzene rings is 1. The van der Waals surface area contributed by atoms with Gasteiger partial charge in [0.1, 0.15) is 12.0 Å². The number of carbonyl (C=O) groups is 1. The van der Waals surface area contributed by atoms with Crippen LogP contribution in [0.15, 0.2) is 30.3 Å². The van der Waals surface area contributed by atoms with Crippen LogP contribution in [0.3, 0.4) is 0 Å². The normalized spacial score (nSPS) is 14.1. The molecule has 0 bridgehead atoms. The summed E-state index contributed by atoms with van der Waals surface area (Å²) in [4.78, 5) is 21.6. The van der Waals surface area contributed by atoms with Gasteiger partial charge in [0.25, 0.3) is 0 Å². The number of nitro groups is 1. The van der Waals surface area contributed by atoms with Crippen LogP contribution in [0.25, 0.3) is 6.08 Å². The molecule has 0 unspecified atom stereocenters. The first-order valence-electron chi connectivity index (χ1n) is 6.87. The summed E-state index contributed by atoms with van der Waals surface area (Å²) < 4.78 is 5.07. The van der Waals surface area contributed by atoms with Gasteiger partial charge in [-0.3, -0.25) is 10.1 Å². The third-order valence-electron chi connectivity index (χ3n) is 3.43. The van der Waals surface area contributed by atoms with Crippen molar-refractivity contribution < 1.29 is 14.5 Å². The molecule has 1 aromatic rings. The zero-order valence-electron chi connectivity index (χ0n) is 12.6. The number of methoxy groups -OCH3 is 1. The smallest absolute Gasteiger partial charge is 0.210 e. The van der Waals surface area contributed by atoms with Crippen LogP contribution >= 0.6 is 0 Å². The van der Waals surface area contributed by atoms with E-state index in [0.717, 1.165) is 17.6 Å². The van der Waals surface area contributed by atoms with E-state index < -0.39 is 5.92 Å². The Morgan fingerprint density at radius 2 is 1.95 bits per heavy atom. The monoisotopic (exact) mass is 293 g/mol. The maximum absolute atomic E-state index is 11.2. The van der Waals surface area contributed by atoms with E-state index in [9.17, 15) is 14.9 Å². The molecule has 2 atom stereocenters. The highest BCUT2D eigenvalue weighted by molar-refractivity contribution is 5.57. The maximum Gasteiger partial charge on any atom is 0.210 e. The van der Waals surface area contributed by atoms with Crippen LogP contribution < -0.4 is 4.74 Å². The second-order valence-electron chi connectivity index (χ2n) is 5.27. The van der Waals surface area contributed by atoms with E-state index in [-0.39, 0.29) is 23.3 Å². The lowest BCUT2D eigenvalue weighted by Crippen LogP contribution is -2.26. The van der Waals surface area contributed by atoms with Crippen molar-refractivity contribution in [3.05, 3.63) is 46.0 Å². The van der Waals surface area contributed by atoms with Crippen molar-refractivity contribution in [2.24, 2.45) is 17.8 Å². The number of rotatable bonds is 8. The van der Waals surface area contributed by atoms with Gasteiger partial charge in [0.2, 0.25) is 6.54 Å². The molecule has 0 aliphatic heterocycles. The van der Waals surface area contributed by atoms with Crippen LogP contribution in [0.1, 0.15) is 19.4 Å². The fourth-order valence-electron chi connectivity index (χ4n) is 2.19. The molecule has 5 heteroatoms. The Balaban J connectivity index is 2.90. The molecule has 1 aromatic carbocycles. The summed E-state index contributed by atoms with van der Waals surface area (Å²) >= 11 is 0. The van der Waals surface area contributed by atoms with Crippen LogP contribution in [0.5, 0.6) is 5.75 Å². The van der Waals surface area contributed by atoms with Gasteiger partial charge in [-0.1, -0.05) is 38.1 Å². The van der Waals surface area contributed by atoms with Crippen LogP contribution in [0.4, 0.5) is 0 Å². The minimum absolute atomic E-state index is 0.0629. The molecule has 0 radical (unpaired) electrons. The van der Waals surface area contributed by atoms with Crippen molar-refractivity contribution in [2.75, 3.05) is 13.7 Å². The van der Waals surface area contributed by atoms with E-state index in [1.807, 2.05) is 44.2 Å². The second kappa shape index (κ2) is 8.19. The number of carbonyl (C=O) groups excluding carboxylic acids is 1. The number of hydrogen-bond donors (Lipinski definition) is 0. The van der Waals surface area contributed by atoms with E-state index in [1.54, 1.807) is 13.2 Å². The molecule has 0 spiro atoms. The molecule has 0 N–H and O–H groups in total. The average Bonchev–Trinajstić information content (AvgIpc) is 2.45. The van der Waals surface area contributed by atoms with Gasteiger partial charge in [-0.15, -0.1) is 0 Å². The molecule has 0 fully saturated rings. The molecule has 0 heterocycles. The van der Waals surface area contributed by atoms with E-state index in [4.69, 9.17) is 4.74 Å². The summed E-state index contributed by atoms with van der Waals surface area (Å²) in [6.07, 6.45) is 4.38. The lowest BCUT2D eigenvalue weighted by Gasteiger charge is -2.19. The summed E-state index contributed by atoms with van der Waals surface area (Å²) in [6, 6.07) is 7.37. The first-order chi connectivity index (χ1) is 9.97. The van der Waals surface area contributed by atoms with E-state index in [0.29, 0.717) is 0 Å². The molecule has 0 saturated heterocycles. The molecular formula is C16H21NO4. The van der Waals surface area contributed by atoms with Crippen molar-refractivity contribution in [3.8, 4) is 5.75 Å². The Morgan fingerprint density at radius 3 is 2.38 bits per heavy atom. The first-order valence-corrected chi connectivity index (χ1v) is 6.87. The highest BCUT2D eigenvalue weighted by Crippen LogP contribution is 2.22. The van der Waals surface area contributed by atoms with Gasteiger partial charge in [-0.25, -0.2) is 0 Å². The predicted molar refractivity (Wildman–Crippen MR) is 81.8 cm³/mol. The average molecular weight is 293 g/mol. The van der Waals surface area contributed by atoms with Crippen molar-refractivity contribution in [2.45, 2.75) is 13.8 Å². The van der Waals surface area contributed by atoms with E-state index in [2.05, 4.69) is 0 Å². The molecule has 5 nitrogen and oxygen atoms in total. The SMILES string of the molecule is COc1ccc(/C=C/[C@@H](C[N+](=O)[O-])[C@H](C=[18O])C(C)C)cc1. The Labute approximate surface area is 124 Å². The lowest BCUT2D eigenvalue weighted by molar-refractivity contribution is -0.487. The number of hydrogen-bond acceptors (Lipinski definition) is 4. The van der Waals surface area contributed by atoms with Crippen LogP contribution in [0, 0.1) is 27.9 Å². The number of aldehydes is 1. The highest BCUT2D eigenvalue weighted by atomic mass is 18.1. The van der Waals surface area contributed by atoms with Gasteiger partial charge in [0.05, 0.1) is 13.0 Å². The minimum atomic E-state index is -0.403. The van der Waals surface area contributed by atoms with Gasteiger partial charge in [-0.05, 0) is 23.6 Å². The van der Waals surface area contributed by atoms with Crippen LogP contribution in [-0.2, 0) is 4.79 Å². The molecular weight excluding hydrogens is 272 g/mol. The lowest BCUT2D eigenvalue weighted by atomic mass is 9.84. The molecule has 1 rings (SSSR count). The molecule has 21 heavy (non-hydrogen) atoms. The summed E-state index contributed by atoms with van der Waals surface area (Å²) in [5.74, 6) is 0.0550. The number of ether oxygens (including phenoxy) is 1. The van der Waals surface area contributed by atoms with Crippen LogP contribution in [0.2, 0.25) is 0 Å². The van der Waals surface area contributed by atoms with Crippen molar-refractivity contribution >= 4 is 12.4 Å². The zero-order valence-corrected chi connectivity index (χ0v) is 12.6. The zero-order chi connectivity index (χ0) is 15.8. The Bertz CT molecular complexity index is 494. The summed E-state index contributed by atoms with van der Waals surface area (Å²) in [5.41, 5.74) is 0.914. The molecule has 0 saturated carbocycles. The van der Waals surface area contributed by atoms with Crippen molar-refractivity contribution in [1.82, 2.24) is 0 Å². The summed E-state index contributed by atoms with van der Waals surface area (Å²) in [5, 5.41) is 10.8. The quantitative estimate of drug-likeness (QED) is 0.320. The fraction of sp³-hybridized carbons (Fsp3) is 0.438. The topological polar surface area (TPSA) is 69.4 Å². The van der Waals surface area contributed by atoms with Crippen LogP contribution in [-0.4, -0.2) is 24.9 Å². The molecule has 114 valence electrons. The Morgan fingerprint density at radius 1 is 1.33 bits per heavy atom. The third-order valence-corrected chi connectivity index (χ3v) is 3.43. The van der Waals surface area contributed by atoms with Gasteiger partial charge in [-0.2, -0.15) is 0 Å². The molecule has 0 aromatic heterocycles. The van der Waals surface area contributed by atoms with Gasteiger partial charge in [0, 0.05) is 10.8 Å². The second-order valence-corrected chi connectivity index (χ2v) is 5.27. The van der Waals surface area contributed by atoms with Gasteiger partial charge < -0.3 is 9.53 Å².